The number of carbonyl (C=O) groups excluding carboxylic acids is 6. The van der Waals surface area contributed by atoms with Gasteiger partial charge in [0.25, 0.3) is 5.91 Å². The number of fused-ring (bicyclic) bond motifs is 3. The lowest BCUT2D eigenvalue weighted by atomic mass is 9.81. The molecule has 0 aromatic carbocycles. The summed E-state index contributed by atoms with van der Waals surface area (Å²) in [4.78, 5) is 82.8. The van der Waals surface area contributed by atoms with Crippen LogP contribution in [0.25, 0.3) is 0 Å². The molecule has 3 saturated carbocycles. The van der Waals surface area contributed by atoms with E-state index in [1.807, 2.05) is 0 Å². The van der Waals surface area contributed by atoms with Crippen molar-refractivity contribution in [2.24, 2.45) is 29.1 Å². The van der Waals surface area contributed by atoms with Crippen molar-refractivity contribution in [1.29, 1.82) is 0 Å². The Bertz CT molecular complexity index is 1240. The predicted molar refractivity (Wildman–Crippen MR) is 182 cm³/mol. The first-order chi connectivity index (χ1) is 23.0. The highest BCUT2D eigenvalue weighted by Gasteiger charge is 2.69. The summed E-state index contributed by atoms with van der Waals surface area (Å²) in [7, 11) is 0. The zero-order valence-corrected chi connectivity index (χ0v) is 29.0. The second-order valence-corrected chi connectivity index (χ2v) is 15.6. The van der Waals surface area contributed by atoms with E-state index >= 15 is 0 Å². The third-order valence-electron chi connectivity index (χ3n) is 11.8. The summed E-state index contributed by atoms with van der Waals surface area (Å²) < 4.78 is 0. The molecule has 5 rings (SSSR count). The number of Topliss-reactive ketones (excluding diaryl/α,β-unsaturated/α-hetero) is 2. The number of carbonyl (C=O) groups is 6. The fourth-order valence-electron chi connectivity index (χ4n) is 8.64. The van der Waals surface area contributed by atoms with Gasteiger partial charge in [0.2, 0.25) is 17.6 Å². The van der Waals surface area contributed by atoms with Crippen molar-refractivity contribution < 1.29 is 28.8 Å². The molecular weight excluding hydrogens is 610 g/mol. The van der Waals surface area contributed by atoms with E-state index in [1.165, 1.54) is 6.08 Å². The summed E-state index contributed by atoms with van der Waals surface area (Å²) >= 11 is 0. The maximum atomic E-state index is 14.4. The number of rotatable bonds is 9. The minimum absolute atomic E-state index is 0.0178. The summed E-state index contributed by atoms with van der Waals surface area (Å²) in [5, 5.41) is 11.4. The van der Waals surface area contributed by atoms with Crippen LogP contribution in [0.5, 0.6) is 0 Å². The molecule has 5 fully saturated rings. The molecule has 48 heavy (non-hydrogen) atoms. The molecule has 0 unspecified atom stereocenters. The molecule has 266 valence electrons. The van der Waals surface area contributed by atoms with E-state index in [9.17, 15) is 28.8 Å². The minimum atomic E-state index is -0.992. The summed E-state index contributed by atoms with van der Waals surface area (Å²) in [6.07, 6.45) is 15.3. The molecule has 11 nitrogen and oxygen atoms in total. The maximum absolute atomic E-state index is 14.4. The Labute approximate surface area is 285 Å². The van der Waals surface area contributed by atoms with E-state index < -0.39 is 47.8 Å². The fraction of sp³-hybridized carbons (Fsp3) is 0.784. The van der Waals surface area contributed by atoms with Gasteiger partial charge in [-0.15, -0.1) is 6.58 Å². The van der Waals surface area contributed by atoms with Crippen molar-refractivity contribution in [2.45, 2.75) is 141 Å². The van der Waals surface area contributed by atoms with Crippen molar-refractivity contribution in [2.75, 3.05) is 13.1 Å². The summed E-state index contributed by atoms with van der Waals surface area (Å²) in [5.41, 5.74) is -0.156. The van der Waals surface area contributed by atoms with Crippen LogP contribution in [0.1, 0.15) is 117 Å². The summed E-state index contributed by atoms with van der Waals surface area (Å²) in [6, 6.07) is -3.70. The molecule has 0 bridgehead atoms. The van der Waals surface area contributed by atoms with Crippen LogP contribution in [0.3, 0.4) is 0 Å². The lowest BCUT2D eigenvalue weighted by Crippen LogP contribution is -2.59. The first-order valence-electron chi connectivity index (χ1n) is 18.7. The molecule has 2 aliphatic heterocycles. The van der Waals surface area contributed by atoms with Crippen LogP contribution in [-0.2, 0) is 24.0 Å². The lowest BCUT2D eigenvalue weighted by Gasteiger charge is -2.34. The quantitative estimate of drug-likeness (QED) is 0.216. The Hall–Kier alpha value is -3.24. The maximum Gasteiger partial charge on any atom is 0.316 e. The number of amides is 5. The van der Waals surface area contributed by atoms with Gasteiger partial charge in [-0.25, -0.2) is 4.79 Å². The summed E-state index contributed by atoms with van der Waals surface area (Å²) in [6.45, 7) is 8.30. The lowest BCUT2D eigenvalue weighted by molar-refractivity contribution is -0.144. The Morgan fingerprint density at radius 1 is 0.896 bits per heavy atom. The molecule has 11 heteroatoms. The Balaban J connectivity index is 1.34. The zero-order chi connectivity index (χ0) is 34.4. The van der Waals surface area contributed by atoms with Gasteiger partial charge in [0.05, 0.1) is 12.1 Å². The van der Waals surface area contributed by atoms with E-state index in [-0.39, 0.29) is 47.3 Å². The normalized spacial score (nSPS) is 30.5. The predicted octanol–water partition coefficient (Wildman–Crippen LogP) is 3.95. The zero-order valence-electron chi connectivity index (χ0n) is 29.0. The van der Waals surface area contributed by atoms with Gasteiger partial charge < -0.3 is 26.2 Å². The van der Waals surface area contributed by atoms with Crippen molar-refractivity contribution in [3.63, 3.8) is 0 Å². The second-order valence-electron chi connectivity index (χ2n) is 15.6. The van der Waals surface area contributed by atoms with Gasteiger partial charge in [-0.05, 0) is 61.7 Å². The Morgan fingerprint density at radius 2 is 1.50 bits per heavy atom. The average Bonchev–Trinajstić information content (AvgIpc) is 3.96. The monoisotopic (exact) mass is 667 g/mol. The third-order valence-corrected chi connectivity index (χ3v) is 11.8. The first kappa shape index (κ1) is 36.1. The average molecular weight is 668 g/mol. The van der Waals surface area contributed by atoms with Crippen molar-refractivity contribution >= 4 is 35.3 Å². The third kappa shape index (κ3) is 8.48. The van der Waals surface area contributed by atoms with Crippen molar-refractivity contribution in [1.82, 2.24) is 26.2 Å². The number of urea groups is 1. The highest BCUT2D eigenvalue weighted by Crippen LogP contribution is 2.65. The molecule has 4 N–H and O–H groups in total. The van der Waals surface area contributed by atoms with E-state index in [0.717, 1.165) is 83.5 Å². The molecule has 3 aliphatic carbocycles. The number of nitrogens with one attached hydrogen (secondary N) is 4. The van der Waals surface area contributed by atoms with Crippen LogP contribution < -0.4 is 21.3 Å². The topological polar surface area (TPSA) is 154 Å². The molecule has 0 aromatic rings. The van der Waals surface area contributed by atoms with Crippen LogP contribution in [0.4, 0.5) is 4.79 Å². The Kier molecular flexibility index (Phi) is 12.0. The van der Waals surface area contributed by atoms with Gasteiger partial charge in [0.1, 0.15) is 12.1 Å². The van der Waals surface area contributed by atoms with Crippen molar-refractivity contribution in [3.8, 4) is 0 Å². The number of piperidine rings is 1. The number of nitrogens with zero attached hydrogens (tertiary/aromatic N) is 1. The van der Waals surface area contributed by atoms with E-state index in [0.29, 0.717) is 25.8 Å². The number of hydrogen-bond acceptors (Lipinski definition) is 6. The highest BCUT2D eigenvalue weighted by molar-refractivity contribution is 6.38. The molecular formula is C37H57N5O6. The minimum Gasteiger partial charge on any atom is -0.346 e. The van der Waals surface area contributed by atoms with Gasteiger partial charge in [-0.2, -0.15) is 0 Å². The molecule has 2 saturated heterocycles. The van der Waals surface area contributed by atoms with Crippen molar-refractivity contribution in [3.05, 3.63) is 12.7 Å². The van der Waals surface area contributed by atoms with Gasteiger partial charge >= 0.3 is 6.03 Å². The molecule has 2 heterocycles. The van der Waals surface area contributed by atoms with E-state index in [4.69, 9.17) is 0 Å². The van der Waals surface area contributed by atoms with Gasteiger partial charge in [-0.3, -0.25) is 24.0 Å². The molecule has 0 aromatic heterocycles. The van der Waals surface area contributed by atoms with Crippen LogP contribution in [0, 0.1) is 29.1 Å². The SMILES string of the molecule is C=CCNC(=O)C(=O)[C@@H]1CCCCCCCCC[C@H](NC(=O)N[C@H](C(=O)C2CC2)C2CCCCC2)C(=O)N2C[C@H]3[C@@H]([C@H]2C(=O)N1)C3(C)C. The van der Waals surface area contributed by atoms with E-state index in [1.54, 1.807) is 4.90 Å². The van der Waals surface area contributed by atoms with Gasteiger partial charge in [0.15, 0.2) is 5.78 Å². The standard InChI is InChI=1S/C37H57N5O6/c1-4-21-38-34(46)32(44)26-17-13-8-6-5-7-9-14-18-27(35(47)42-22-25-28(37(25,2)3)30(42)33(45)39-26)40-36(48)41-29(31(43)24-19-20-24)23-15-11-10-12-16-23/h4,23-30H,1,5-22H2,2-3H3,(H,38,46)(H,39,45)(H2,40,41,48)/t25-,26-,27-,28-,29-,30-/m0/s1. The molecule has 5 amide bonds. The number of ketones is 2. The molecule has 0 radical (unpaired) electrons. The molecule has 0 spiro atoms. The van der Waals surface area contributed by atoms with Gasteiger partial charge in [0, 0.05) is 19.0 Å². The van der Waals surface area contributed by atoms with Crippen LogP contribution in [0.15, 0.2) is 12.7 Å². The van der Waals surface area contributed by atoms with Crippen LogP contribution in [0.2, 0.25) is 0 Å². The fourth-order valence-corrected chi connectivity index (χ4v) is 8.64. The van der Waals surface area contributed by atoms with Gasteiger partial charge in [-0.1, -0.05) is 84.1 Å². The molecule has 5 aliphatic rings. The smallest absolute Gasteiger partial charge is 0.316 e. The summed E-state index contributed by atoms with van der Waals surface area (Å²) in [5.74, 6) is -1.93. The molecule has 6 atom stereocenters. The Morgan fingerprint density at radius 3 is 2.15 bits per heavy atom. The first-order valence-corrected chi connectivity index (χ1v) is 18.7. The number of hydrogen-bond donors (Lipinski definition) is 4. The van der Waals surface area contributed by atoms with E-state index in [2.05, 4.69) is 41.7 Å². The van der Waals surface area contributed by atoms with Crippen LogP contribution >= 0.6 is 0 Å². The highest BCUT2D eigenvalue weighted by atomic mass is 16.2. The second kappa shape index (κ2) is 16.0. The largest absolute Gasteiger partial charge is 0.346 e. The van der Waals surface area contributed by atoms with Crippen LogP contribution in [-0.4, -0.2) is 77.5 Å².